The smallest absolute Gasteiger partial charge is 0.231 e. The summed E-state index contributed by atoms with van der Waals surface area (Å²) in [6.45, 7) is 8.23. The van der Waals surface area contributed by atoms with Crippen LogP contribution in [0.1, 0.15) is 40.9 Å². The molecule has 0 N–H and O–H groups in total. The van der Waals surface area contributed by atoms with E-state index in [4.69, 9.17) is 9.47 Å². The van der Waals surface area contributed by atoms with E-state index in [1.165, 1.54) is 5.56 Å². The second kappa shape index (κ2) is 5.92. The zero-order chi connectivity index (χ0) is 16.6. The molecule has 0 unspecified atom stereocenters. The van der Waals surface area contributed by atoms with E-state index in [2.05, 4.69) is 31.2 Å². The number of benzene rings is 2. The highest BCUT2D eigenvalue weighted by atomic mass is 16.5. The number of aryl methyl sites for hydroxylation is 1. The van der Waals surface area contributed by atoms with Crippen LogP contribution in [0, 0.1) is 13.8 Å². The van der Waals surface area contributed by atoms with Crippen molar-refractivity contribution in [2.75, 3.05) is 0 Å². The maximum atomic E-state index is 12.3. The molecule has 2 aromatic rings. The maximum absolute atomic E-state index is 12.3. The van der Waals surface area contributed by atoms with Gasteiger partial charge >= 0.3 is 0 Å². The van der Waals surface area contributed by atoms with Crippen molar-refractivity contribution in [1.82, 2.24) is 0 Å². The van der Waals surface area contributed by atoms with Crippen molar-refractivity contribution in [2.24, 2.45) is 0 Å². The van der Waals surface area contributed by atoms with Crippen LogP contribution in [0.4, 0.5) is 0 Å². The van der Waals surface area contributed by atoms with Crippen molar-refractivity contribution in [3.05, 3.63) is 70.0 Å². The Kier molecular flexibility index (Phi) is 3.95. The second-order valence-electron chi connectivity index (χ2n) is 6.10. The highest BCUT2D eigenvalue weighted by Gasteiger charge is 2.30. The van der Waals surface area contributed by atoms with E-state index in [1.807, 2.05) is 26.8 Å². The highest BCUT2D eigenvalue weighted by Crippen LogP contribution is 2.39. The largest absolute Gasteiger partial charge is 0.488 e. The molecule has 0 radical (unpaired) electrons. The lowest BCUT2D eigenvalue weighted by Gasteiger charge is -2.11. The van der Waals surface area contributed by atoms with Crippen LogP contribution in [0.15, 0.2) is 47.7 Å². The molecular formula is C20H20O3. The Morgan fingerprint density at radius 2 is 1.74 bits per heavy atom. The first-order chi connectivity index (χ1) is 11.0. The number of fused-ring (bicyclic) bond motifs is 1. The second-order valence-corrected chi connectivity index (χ2v) is 6.10. The van der Waals surface area contributed by atoms with Crippen LogP contribution >= 0.6 is 0 Å². The van der Waals surface area contributed by atoms with E-state index in [-0.39, 0.29) is 5.78 Å². The third-order valence-corrected chi connectivity index (χ3v) is 3.98. The number of rotatable bonds is 3. The molecule has 0 fully saturated rings. The van der Waals surface area contributed by atoms with Crippen molar-refractivity contribution >= 4 is 5.78 Å². The molecule has 3 heteroatoms. The van der Waals surface area contributed by atoms with Crippen LogP contribution in [0.5, 0.6) is 11.5 Å². The van der Waals surface area contributed by atoms with E-state index < -0.39 is 0 Å². The van der Waals surface area contributed by atoms with Crippen LogP contribution in [-0.2, 0) is 6.61 Å². The monoisotopic (exact) mass is 308 g/mol. The molecule has 0 aliphatic carbocycles. The Morgan fingerprint density at radius 1 is 1.04 bits per heavy atom. The minimum absolute atomic E-state index is 0.0480. The zero-order valence-corrected chi connectivity index (χ0v) is 13.9. The predicted molar refractivity (Wildman–Crippen MR) is 90.0 cm³/mol. The number of hydrogen-bond donors (Lipinski definition) is 0. The van der Waals surface area contributed by atoms with Gasteiger partial charge in [-0.2, -0.15) is 0 Å². The van der Waals surface area contributed by atoms with Gasteiger partial charge in [0.1, 0.15) is 18.1 Å². The number of ether oxygens (including phenoxy) is 2. The van der Waals surface area contributed by atoms with Gasteiger partial charge in [-0.25, -0.2) is 0 Å². The normalized spacial score (nSPS) is 12.9. The Hall–Kier alpha value is -2.55. The lowest BCUT2D eigenvalue weighted by Crippen LogP contribution is -2.00. The first-order valence-corrected chi connectivity index (χ1v) is 7.69. The number of ketones is 1. The van der Waals surface area contributed by atoms with Gasteiger partial charge in [-0.15, -0.1) is 0 Å². The van der Waals surface area contributed by atoms with Crippen molar-refractivity contribution in [2.45, 2.75) is 34.3 Å². The fraction of sp³-hybridized carbons (Fsp3) is 0.250. The Morgan fingerprint density at radius 3 is 2.39 bits per heavy atom. The zero-order valence-electron chi connectivity index (χ0n) is 13.9. The summed E-state index contributed by atoms with van der Waals surface area (Å²) in [4.78, 5) is 12.3. The Balaban J connectivity index is 1.84. The molecule has 0 atom stereocenters. The van der Waals surface area contributed by atoms with E-state index in [9.17, 15) is 4.79 Å². The summed E-state index contributed by atoms with van der Waals surface area (Å²) >= 11 is 0. The number of carbonyl (C=O) groups is 1. The van der Waals surface area contributed by atoms with Gasteiger partial charge in [0.25, 0.3) is 0 Å². The minimum Gasteiger partial charge on any atom is -0.488 e. The summed E-state index contributed by atoms with van der Waals surface area (Å²) in [7, 11) is 0. The molecule has 1 heterocycles. The van der Waals surface area contributed by atoms with E-state index in [0.717, 1.165) is 22.4 Å². The molecule has 118 valence electrons. The molecule has 0 saturated heterocycles. The van der Waals surface area contributed by atoms with Crippen LogP contribution in [0.2, 0.25) is 0 Å². The first-order valence-electron chi connectivity index (χ1n) is 7.69. The number of hydrogen-bond acceptors (Lipinski definition) is 3. The van der Waals surface area contributed by atoms with Gasteiger partial charge < -0.3 is 9.47 Å². The summed E-state index contributed by atoms with van der Waals surface area (Å²) in [5.74, 6) is 1.74. The van der Waals surface area contributed by atoms with Crippen molar-refractivity contribution in [3.63, 3.8) is 0 Å². The standard InChI is InChI=1S/C20H20O3/c1-12(2)19-18(21)16-9-10-17(14(4)20(16)23-19)22-11-15-7-5-13(3)6-8-15/h5-10H,11H2,1-4H3. The van der Waals surface area contributed by atoms with E-state index in [1.54, 1.807) is 6.07 Å². The van der Waals surface area contributed by atoms with Gasteiger partial charge in [-0.3, -0.25) is 4.79 Å². The summed E-state index contributed by atoms with van der Waals surface area (Å²) < 4.78 is 11.7. The molecule has 1 aliphatic rings. The first kappa shape index (κ1) is 15.3. The van der Waals surface area contributed by atoms with Crippen molar-refractivity contribution in [3.8, 4) is 11.5 Å². The molecule has 3 rings (SSSR count). The van der Waals surface area contributed by atoms with Crippen LogP contribution in [0.25, 0.3) is 0 Å². The lowest BCUT2D eigenvalue weighted by molar-refractivity contribution is 0.101. The summed E-state index contributed by atoms with van der Waals surface area (Å²) in [6, 6.07) is 11.9. The SMILES string of the molecule is CC(C)=C1Oc2c(ccc(OCc3ccc(C)cc3)c2C)C1=O. The predicted octanol–water partition coefficient (Wildman–Crippen LogP) is 4.75. The quantitative estimate of drug-likeness (QED) is 0.767. The van der Waals surface area contributed by atoms with Crippen LogP contribution in [-0.4, -0.2) is 5.78 Å². The molecule has 0 spiro atoms. The molecule has 2 aromatic carbocycles. The van der Waals surface area contributed by atoms with Crippen LogP contribution < -0.4 is 9.47 Å². The average molecular weight is 308 g/mol. The summed E-state index contributed by atoms with van der Waals surface area (Å²) in [5, 5.41) is 0. The number of carbonyl (C=O) groups excluding carboxylic acids is 1. The molecule has 0 aromatic heterocycles. The maximum Gasteiger partial charge on any atom is 0.231 e. The van der Waals surface area contributed by atoms with E-state index >= 15 is 0 Å². The van der Waals surface area contributed by atoms with Gasteiger partial charge in [-0.05, 0) is 51.0 Å². The fourth-order valence-corrected chi connectivity index (χ4v) is 2.59. The summed E-state index contributed by atoms with van der Waals surface area (Å²) in [6.07, 6.45) is 0. The van der Waals surface area contributed by atoms with Gasteiger partial charge in [0.2, 0.25) is 5.78 Å². The highest BCUT2D eigenvalue weighted by molar-refractivity contribution is 6.13. The Labute approximate surface area is 136 Å². The third kappa shape index (κ3) is 2.87. The van der Waals surface area contributed by atoms with Crippen LogP contribution in [0.3, 0.4) is 0 Å². The van der Waals surface area contributed by atoms with Gasteiger partial charge in [-0.1, -0.05) is 29.8 Å². The Bertz CT molecular complexity index is 794. The lowest BCUT2D eigenvalue weighted by atomic mass is 10.1. The molecule has 3 nitrogen and oxygen atoms in total. The van der Waals surface area contributed by atoms with E-state index in [0.29, 0.717) is 23.7 Å². The molecule has 0 saturated carbocycles. The molecule has 1 aliphatic heterocycles. The average Bonchev–Trinajstić information content (AvgIpc) is 2.86. The molecule has 0 amide bonds. The molecule has 0 bridgehead atoms. The van der Waals surface area contributed by atoms with Gasteiger partial charge in [0.05, 0.1) is 5.56 Å². The molecule has 23 heavy (non-hydrogen) atoms. The van der Waals surface area contributed by atoms with Gasteiger partial charge in [0, 0.05) is 5.56 Å². The van der Waals surface area contributed by atoms with Gasteiger partial charge in [0.15, 0.2) is 5.76 Å². The van der Waals surface area contributed by atoms with Crippen molar-refractivity contribution < 1.29 is 14.3 Å². The number of allylic oxidation sites excluding steroid dienone is 2. The molecular weight excluding hydrogens is 288 g/mol. The fourth-order valence-electron chi connectivity index (χ4n) is 2.59. The van der Waals surface area contributed by atoms with Crippen molar-refractivity contribution in [1.29, 1.82) is 0 Å². The topological polar surface area (TPSA) is 35.5 Å². The minimum atomic E-state index is -0.0480. The number of Topliss-reactive ketones (excluding diaryl/α,β-unsaturated/α-hetero) is 1. The summed E-state index contributed by atoms with van der Waals surface area (Å²) in [5.41, 5.74) is 4.69. The third-order valence-electron chi connectivity index (χ3n) is 3.98.